The first-order chi connectivity index (χ1) is 9.52. The molecule has 0 atom stereocenters. The minimum Gasteiger partial charge on any atom is -0.357 e. The average molecular weight is 411 g/mol. The van der Waals surface area contributed by atoms with Gasteiger partial charge >= 0.3 is 0 Å². The zero-order chi connectivity index (χ0) is 15.0. The van der Waals surface area contributed by atoms with Crippen molar-refractivity contribution in [3.05, 3.63) is 35.4 Å². The van der Waals surface area contributed by atoms with Gasteiger partial charge in [-0.25, -0.2) is 8.78 Å². The highest BCUT2D eigenvalue weighted by atomic mass is 127. The molecule has 0 saturated carbocycles. The van der Waals surface area contributed by atoms with E-state index < -0.39 is 5.82 Å². The van der Waals surface area contributed by atoms with Crippen LogP contribution in [0, 0.1) is 17.6 Å². The molecule has 1 aromatic rings. The van der Waals surface area contributed by atoms with Crippen molar-refractivity contribution in [3.8, 4) is 0 Å². The van der Waals surface area contributed by atoms with Crippen molar-refractivity contribution < 1.29 is 8.78 Å². The summed E-state index contributed by atoms with van der Waals surface area (Å²) in [6.07, 6.45) is 0.412. The molecular formula is C15H24F2IN3. The van der Waals surface area contributed by atoms with E-state index in [0.29, 0.717) is 30.4 Å². The quantitative estimate of drug-likeness (QED) is 0.428. The van der Waals surface area contributed by atoms with Crippen LogP contribution in [-0.2, 0) is 6.42 Å². The third kappa shape index (κ3) is 8.18. The number of rotatable bonds is 6. The van der Waals surface area contributed by atoms with Crippen molar-refractivity contribution in [3.63, 3.8) is 0 Å². The molecule has 0 radical (unpaired) electrons. The number of benzene rings is 1. The van der Waals surface area contributed by atoms with E-state index in [2.05, 4.69) is 29.5 Å². The van der Waals surface area contributed by atoms with E-state index in [1.807, 2.05) is 6.92 Å². The molecule has 2 N–H and O–H groups in total. The zero-order valence-electron chi connectivity index (χ0n) is 12.7. The van der Waals surface area contributed by atoms with Crippen molar-refractivity contribution >= 4 is 29.9 Å². The van der Waals surface area contributed by atoms with Crippen molar-refractivity contribution in [2.45, 2.75) is 27.2 Å². The van der Waals surface area contributed by atoms with Gasteiger partial charge in [0.2, 0.25) is 0 Å². The lowest BCUT2D eigenvalue weighted by molar-refractivity contribution is 0.582. The van der Waals surface area contributed by atoms with E-state index in [1.54, 1.807) is 0 Å². The minimum absolute atomic E-state index is 0. The Balaban J connectivity index is 0.00000400. The molecular weight excluding hydrogens is 387 g/mol. The van der Waals surface area contributed by atoms with Crippen molar-refractivity contribution in [1.29, 1.82) is 0 Å². The summed E-state index contributed by atoms with van der Waals surface area (Å²) in [5.41, 5.74) is 0.372. The molecule has 0 spiro atoms. The summed E-state index contributed by atoms with van der Waals surface area (Å²) in [5.74, 6) is 0.392. The number of hydrogen-bond acceptors (Lipinski definition) is 1. The molecule has 1 aromatic carbocycles. The van der Waals surface area contributed by atoms with Crippen LogP contribution in [0.25, 0.3) is 0 Å². The van der Waals surface area contributed by atoms with E-state index in [4.69, 9.17) is 0 Å². The number of halogens is 3. The van der Waals surface area contributed by atoms with Gasteiger partial charge in [0.15, 0.2) is 5.96 Å². The van der Waals surface area contributed by atoms with Gasteiger partial charge in [-0.05, 0) is 43.0 Å². The molecule has 0 unspecified atom stereocenters. The average Bonchev–Trinajstić information content (AvgIpc) is 2.40. The summed E-state index contributed by atoms with van der Waals surface area (Å²) in [6.45, 7) is 8.16. The summed E-state index contributed by atoms with van der Waals surface area (Å²) < 4.78 is 26.5. The summed E-state index contributed by atoms with van der Waals surface area (Å²) >= 11 is 0. The molecule has 0 amide bonds. The molecule has 0 fully saturated rings. The largest absolute Gasteiger partial charge is 0.357 e. The van der Waals surface area contributed by atoms with Crippen molar-refractivity contribution in [1.82, 2.24) is 10.6 Å². The predicted molar refractivity (Wildman–Crippen MR) is 94.3 cm³/mol. The summed E-state index contributed by atoms with van der Waals surface area (Å²) in [6, 6.07) is 3.51. The Labute approximate surface area is 142 Å². The van der Waals surface area contributed by atoms with Crippen LogP contribution in [0.4, 0.5) is 8.78 Å². The molecule has 3 nitrogen and oxygen atoms in total. The van der Waals surface area contributed by atoms with Gasteiger partial charge in [-0.2, -0.15) is 0 Å². The van der Waals surface area contributed by atoms with Crippen LogP contribution in [0.2, 0.25) is 0 Å². The Morgan fingerprint density at radius 1 is 1.24 bits per heavy atom. The highest BCUT2D eigenvalue weighted by molar-refractivity contribution is 14.0. The van der Waals surface area contributed by atoms with Gasteiger partial charge in [-0.15, -0.1) is 24.0 Å². The molecule has 0 bridgehead atoms. The zero-order valence-corrected chi connectivity index (χ0v) is 15.1. The predicted octanol–water partition coefficient (Wildman–Crippen LogP) is 3.34. The molecule has 0 aliphatic rings. The monoisotopic (exact) mass is 411 g/mol. The third-order valence-corrected chi connectivity index (χ3v) is 2.65. The molecule has 21 heavy (non-hydrogen) atoms. The van der Waals surface area contributed by atoms with Crippen molar-refractivity contribution in [2.75, 3.05) is 19.6 Å². The maximum absolute atomic E-state index is 13.5. The first-order valence-electron chi connectivity index (χ1n) is 6.99. The van der Waals surface area contributed by atoms with Gasteiger partial charge in [0.05, 0.1) is 0 Å². The van der Waals surface area contributed by atoms with Crippen LogP contribution in [0.3, 0.4) is 0 Å². The smallest absolute Gasteiger partial charge is 0.191 e. The Hall–Kier alpha value is -0.920. The van der Waals surface area contributed by atoms with Crippen LogP contribution in [0.5, 0.6) is 0 Å². The first kappa shape index (κ1) is 20.1. The summed E-state index contributed by atoms with van der Waals surface area (Å²) in [7, 11) is 0. The van der Waals surface area contributed by atoms with Gasteiger partial charge in [-0.1, -0.05) is 13.8 Å². The number of nitrogens with one attached hydrogen (secondary N) is 2. The highest BCUT2D eigenvalue weighted by Gasteiger charge is 2.04. The standard InChI is InChI=1S/C15H23F2N3.HI/c1-4-18-15(20-10-11(2)3)19-8-7-12-9-13(16)5-6-14(12)17;/h5-6,9,11H,4,7-8,10H2,1-3H3,(H2,18,19,20);1H. The van der Waals surface area contributed by atoms with Gasteiger partial charge in [0.25, 0.3) is 0 Å². The van der Waals surface area contributed by atoms with Gasteiger partial charge in [0.1, 0.15) is 11.6 Å². The van der Waals surface area contributed by atoms with Gasteiger partial charge in [-0.3, -0.25) is 4.99 Å². The Kier molecular flexibility index (Phi) is 10.3. The van der Waals surface area contributed by atoms with E-state index in [9.17, 15) is 8.78 Å². The fraction of sp³-hybridized carbons (Fsp3) is 0.533. The molecule has 1 rings (SSSR count). The van der Waals surface area contributed by atoms with E-state index in [1.165, 1.54) is 6.07 Å². The lowest BCUT2D eigenvalue weighted by atomic mass is 10.1. The second-order valence-corrected chi connectivity index (χ2v) is 5.03. The Bertz CT molecular complexity index is 451. The van der Waals surface area contributed by atoms with Crippen LogP contribution < -0.4 is 10.6 Å². The lowest BCUT2D eigenvalue weighted by Gasteiger charge is -2.12. The first-order valence-corrected chi connectivity index (χ1v) is 6.99. The molecule has 0 heterocycles. The maximum atomic E-state index is 13.5. The van der Waals surface area contributed by atoms with Gasteiger partial charge in [0, 0.05) is 19.6 Å². The van der Waals surface area contributed by atoms with Crippen LogP contribution in [-0.4, -0.2) is 25.6 Å². The second kappa shape index (κ2) is 10.8. The number of guanidine groups is 1. The molecule has 0 saturated heterocycles. The lowest BCUT2D eigenvalue weighted by Crippen LogP contribution is -2.38. The van der Waals surface area contributed by atoms with Crippen LogP contribution >= 0.6 is 24.0 Å². The Morgan fingerprint density at radius 3 is 2.57 bits per heavy atom. The third-order valence-electron chi connectivity index (χ3n) is 2.65. The van der Waals surface area contributed by atoms with E-state index in [0.717, 1.165) is 25.2 Å². The highest BCUT2D eigenvalue weighted by Crippen LogP contribution is 2.09. The SMILES string of the molecule is CCNC(=NCC(C)C)NCCc1cc(F)ccc1F.I. The van der Waals surface area contributed by atoms with Crippen LogP contribution in [0.1, 0.15) is 26.3 Å². The minimum atomic E-state index is -0.415. The molecule has 0 aliphatic heterocycles. The second-order valence-electron chi connectivity index (χ2n) is 5.03. The van der Waals surface area contributed by atoms with Gasteiger partial charge < -0.3 is 10.6 Å². The fourth-order valence-corrected chi connectivity index (χ4v) is 1.67. The van der Waals surface area contributed by atoms with E-state index in [-0.39, 0.29) is 29.8 Å². The number of hydrogen-bond donors (Lipinski definition) is 2. The molecule has 0 aromatic heterocycles. The summed E-state index contributed by atoms with van der Waals surface area (Å²) in [4.78, 5) is 4.41. The molecule has 6 heteroatoms. The molecule has 0 aliphatic carbocycles. The summed E-state index contributed by atoms with van der Waals surface area (Å²) in [5, 5.41) is 6.24. The number of aliphatic imine (C=N–C) groups is 1. The normalized spacial score (nSPS) is 11.2. The van der Waals surface area contributed by atoms with Crippen LogP contribution in [0.15, 0.2) is 23.2 Å². The Morgan fingerprint density at radius 2 is 1.95 bits per heavy atom. The maximum Gasteiger partial charge on any atom is 0.191 e. The fourth-order valence-electron chi connectivity index (χ4n) is 1.67. The van der Waals surface area contributed by atoms with Crippen molar-refractivity contribution in [2.24, 2.45) is 10.9 Å². The van der Waals surface area contributed by atoms with E-state index >= 15 is 0 Å². The topological polar surface area (TPSA) is 36.4 Å². The number of nitrogens with zero attached hydrogens (tertiary/aromatic N) is 1. The molecule has 120 valence electrons.